The van der Waals surface area contributed by atoms with E-state index in [2.05, 4.69) is 29.8 Å². The van der Waals surface area contributed by atoms with E-state index in [9.17, 15) is 9.59 Å². The summed E-state index contributed by atoms with van der Waals surface area (Å²) in [7, 11) is 0. The Morgan fingerprint density at radius 3 is 2.39 bits per heavy atom. The monoisotopic (exact) mass is 400 g/mol. The molecule has 1 aromatic carbocycles. The Balaban J connectivity index is 1.92. The Morgan fingerprint density at radius 1 is 1.17 bits per heavy atom. The Morgan fingerprint density at radius 2 is 1.78 bits per heavy atom. The molecule has 0 radical (unpaired) electrons. The van der Waals surface area contributed by atoms with Crippen LogP contribution in [0.5, 0.6) is 0 Å². The lowest BCUT2D eigenvalue weighted by Crippen LogP contribution is -2.50. The number of amides is 2. The summed E-state index contributed by atoms with van der Waals surface area (Å²) in [5.74, 6) is 0.672. The van der Waals surface area contributed by atoms with Crippen LogP contribution in [0.25, 0.3) is 0 Å². The maximum absolute atomic E-state index is 12.6. The van der Waals surface area contributed by atoms with Crippen LogP contribution in [-0.2, 0) is 4.79 Å². The molecule has 0 unspecified atom stereocenters. The zero-order valence-electron chi connectivity index (χ0n) is 13.5. The van der Waals surface area contributed by atoms with Crippen molar-refractivity contribution in [1.82, 2.24) is 9.80 Å². The molecule has 2 rings (SSSR count). The van der Waals surface area contributed by atoms with Crippen LogP contribution in [0.2, 0.25) is 5.02 Å². The number of carbonyl (C=O) groups is 2. The van der Waals surface area contributed by atoms with Crippen LogP contribution in [0.15, 0.2) is 22.7 Å². The van der Waals surface area contributed by atoms with Gasteiger partial charge in [0.25, 0.3) is 5.91 Å². The summed E-state index contributed by atoms with van der Waals surface area (Å²) < 4.78 is 0.738. The van der Waals surface area contributed by atoms with Crippen molar-refractivity contribution in [3.8, 4) is 0 Å². The molecule has 1 heterocycles. The number of carbonyl (C=O) groups excluding carboxylic acids is 2. The molecule has 0 spiro atoms. The first-order valence-corrected chi connectivity index (χ1v) is 9.07. The summed E-state index contributed by atoms with van der Waals surface area (Å²) in [6.07, 6.45) is 1.50. The van der Waals surface area contributed by atoms with Crippen LogP contribution in [0.1, 0.15) is 37.0 Å². The number of hydrogen-bond donors (Lipinski definition) is 0. The second-order valence-corrected chi connectivity index (χ2v) is 7.52. The fourth-order valence-electron chi connectivity index (χ4n) is 2.56. The summed E-state index contributed by atoms with van der Waals surface area (Å²) in [6, 6.07) is 5.20. The summed E-state index contributed by atoms with van der Waals surface area (Å²) in [4.78, 5) is 28.4. The summed E-state index contributed by atoms with van der Waals surface area (Å²) in [5, 5.41) is 0.541. The summed E-state index contributed by atoms with van der Waals surface area (Å²) in [6.45, 7) is 6.55. The first-order valence-electron chi connectivity index (χ1n) is 7.90. The topological polar surface area (TPSA) is 40.6 Å². The molecular formula is C17H22BrClN2O2. The number of halogens is 2. The largest absolute Gasteiger partial charge is 0.339 e. The Bertz CT molecular complexity index is 584. The van der Waals surface area contributed by atoms with Gasteiger partial charge in [0, 0.05) is 42.1 Å². The molecule has 2 amide bonds. The van der Waals surface area contributed by atoms with Crippen molar-refractivity contribution in [1.29, 1.82) is 0 Å². The van der Waals surface area contributed by atoms with Crippen LogP contribution in [-0.4, -0.2) is 47.8 Å². The number of hydrogen-bond acceptors (Lipinski definition) is 2. The maximum atomic E-state index is 12.6. The highest BCUT2D eigenvalue weighted by molar-refractivity contribution is 9.10. The zero-order chi connectivity index (χ0) is 17.0. The maximum Gasteiger partial charge on any atom is 0.255 e. The van der Waals surface area contributed by atoms with Gasteiger partial charge in [-0.15, -0.1) is 0 Å². The second-order valence-electron chi connectivity index (χ2n) is 6.23. The van der Waals surface area contributed by atoms with Crippen LogP contribution in [0, 0.1) is 5.92 Å². The highest BCUT2D eigenvalue weighted by atomic mass is 79.9. The SMILES string of the molecule is CC(C)CCC(=O)N1CCN(C(=O)c2cc(Cl)ccc2Br)CC1. The van der Waals surface area contributed by atoms with E-state index in [1.165, 1.54) is 0 Å². The van der Waals surface area contributed by atoms with Gasteiger partial charge in [0.1, 0.15) is 0 Å². The van der Waals surface area contributed by atoms with Crippen LogP contribution < -0.4 is 0 Å². The summed E-state index contributed by atoms with van der Waals surface area (Å²) >= 11 is 9.38. The van der Waals surface area contributed by atoms with Gasteiger partial charge in [0.05, 0.1) is 5.56 Å². The smallest absolute Gasteiger partial charge is 0.255 e. The van der Waals surface area contributed by atoms with E-state index in [1.54, 1.807) is 23.1 Å². The Kier molecular flexibility index (Phi) is 6.48. The van der Waals surface area contributed by atoms with Crippen molar-refractivity contribution in [2.24, 2.45) is 5.92 Å². The minimum Gasteiger partial charge on any atom is -0.339 e. The molecule has 0 bridgehead atoms. The molecule has 4 nitrogen and oxygen atoms in total. The van der Waals surface area contributed by atoms with Gasteiger partial charge in [0.2, 0.25) is 5.91 Å². The Hall–Kier alpha value is -1.07. The van der Waals surface area contributed by atoms with Crippen molar-refractivity contribution in [3.05, 3.63) is 33.3 Å². The Labute approximate surface area is 150 Å². The molecule has 1 aliphatic heterocycles. The third kappa shape index (κ3) is 4.95. The lowest BCUT2D eigenvalue weighted by Gasteiger charge is -2.35. The van der Waals surface area contributed by atoms with Gasteiger partial charge in [0.15, 0.2) is 0 Å². The number of nitrogens with zero attached hydrogens (tertiary/aromatic N) is 2. The molecule has 6 heteroatoms. The molecule has 0 aliphatic carbocycles. The number of benzene rings is 1. The van der Waals surface area contributed by atoms with Gasteiger partial charge in [-0.3, -0.25) is 9.59 Å². The van der Waals surface area contributed by atoms with E-state index in [1.807, 2.05) is 4.90 Å². The lowest BCUT2D eigenvalue weighted by atomic mass is 10.1. The van der Waals surface area contributed by atoms with Gasteiger partial charge >= 0.3 is 0 Å². The van der Waals surface area contributed by atoms with E-state index >= 15 is 0 Å². The minimum absolute atomic E-state index is 0.0475. The van der Waals surface area contributed by atoms with Gasteiger partial charge in [-0.1, -0.05) is 25.4 Å². The minimum atomic E-state index is -0.0475. The standard InChI is InChI=1S/C17H22BrClN2O2/c1-12(2)3-6-16(22)20-7-9-21(10-8-20)17(23)14-11-13(19)4-5-15(14)18/h4-5,11-12H,3,6-10H2,1-2H3. The van der Waals surface area contributed by atoms with Crippen LogP contribution >= 0.6 is 27.5 Å². The van der Waals surface area contributed by atoms with Crippen molar-refractivity contribution < 1.29 is 9.59 Å². The van der Waals surface area contributed by atoms with E-state index < -0.39 is 0 Å². The quantitative estimate of drug-likeness (QED) is 0.769. The molecule has 126 valence electrons. The van der Waals surface area contributed by atoms with E-state index in [0.29, 0.717) is 49.1 Å². The molecule has 1 aliphatic rings. The third-order valence-corrected chi connectivity index (χ3v) is 4.94. The molecule has 1 saturated heterocycles. The number of piperazine rings is 1. The number of rotatable bonds is 4. The zero-order valence-corrected chi connectivity index (χ0v) is 15.9. The highest BCUT2D eigenvalue weighted by Gasteiger charge is 2.25. The molecule has 1 aromatic rings. The molecule has 23 heavy (non-hydrogen) atoms. The van der Waals surface area contributed by atoms with Crippen molar-refractivity contribution in [2.45, 2.75) is 26.7 Å². The van der Waals surface area contributed by atoms with Crippen LogP contribution in [0.3, 0.4) is 0 Å². The van der Waals surface area contributed by atoms with Crippen molar-refractivity contribution in [2.75, 3.05) is 26.2 Å². The predicted octanol–water partition coefficient (Wildman–Crippen LogP) is 3.82. The molecule has 0 atom stereocenters. The van der Waals surface area contributed by atoms with E-state index in [4.69, 9.17) is 11.6 Å². The fraction of sp³-hybridized carbons (Fsp3) is 0.529. The van der Waals surface area contributed by atoms with Gasteiger partial charge < -0.3 is 9.80 Å². The van der Waals surface area contributed by atoms with Crippen molar-refractivity contribution in [3.63, 3.8) is 0 Å². The first-order chi connectivity index (χ1) is 10.9. The third-order valence-electron chi connectivity index (χ3n) is 4.01. The molecule has 0 aromatic heterocycles. The van der Waals surface area contributed by atoms with Gasteiger partial charge in [-0.2, -0.15) is 0 Å². The van der Waals surface area contributed by atoms with E-state index in [-0.39, 0.29) is 11.8 Å². The molecular weight excluding hydrogens is 380 g/mol. The molecule has 1 fully saturated rings. The predicted molar refractivity (Wildman–Crippen MR) is 95.7 cm³/mol. The van der Waals surface area contributed by atoms with Gasteiger partial charge in [-0.25, -0.2) is 0 Å². The van der Waals surface area contributed by atoms with Crippen LogP contribution in [0.4, 0.5) is 0 Å². The molecule has 0 N–H and O–H groups in total. The lowest BCUT2D eigenvalue weighted by molar-refractivity contribution is -0.132. The molecule has 0 saturated carbocycles. The second kappa shape index (κ2) is 8.15. The average Bonchev–Trinajstić information content (AvgIpc) is 2.54. The fourth-order valence-corrected chi connectivity index (χ4v) is 3.15. The van der Waals surface area contributed by atoms with Crippen molar-refractivity contribution >= 4 is 39.3 Å². The average molecular weight is 402 g/mol. The summed E-state index contributed by atoms with van der Waals surface area (Å²) in [5.41, 5.74) is 0.567. The first kappa shape index (κ1) is 18.3. The van der Waals surface area contributed by atoms with E-state index in [0.717, 1.165) is 10.9 Å². The van der Waals surface area contributed by atoms with Gasteiger partial charge in [-0.05, 0) is 46.5 Å². The highest BCUT2D eigenvalue weighted by Crippen LogP contribution is 2.23. The normalized spacial score (nSPS) is 15.2.